The van der Waals surface area contributed by atoms with E-state index in [1.807, 2.05) is 6.07 Å². The third-order valence-electron chi connectivity index (χ3n) is 2.92. The molecule has 0 aromatic heterocycles. The fraction of sp³-hybridized carbons (Fsp3) is 0.500. The second-order valence-corrected chi connectivity index (χ2v) is 4.97. The number of rotatable bonds is 2. The zero-order chi connectivity index (χ0) is 11.5. The predicted octanol–water partition coefficient (Wildman–Crippen LogP) is 2.93. The molecule has 0 spiro atoms. The summed E-state index contributed by atoms with van der Waals surface area (Å²) in [6.07, 6.45) is 1.10. The summed E-state index contributed by atoms with van der Waals surface area (Å²) in [6, 6.07) is 5.40. The number of benzene rings is 1. The van der Waals surface area contributed by atoms with Gasteiger partial charge in [-0.3, -0.25) is 0 Å². The molecular formula is C12H14Cl2O2. The Balaban J connectivity index is 2.10. The Hall–Kier alpha value is -0.280. The molecule has 1 fully saturated rings. The van der Waals surface area contributed by atoms with Crippen molar-refractivity contribution in [2.75, 3.05) is 13.2 Å². The zero-order valence-electron chi connectivity index (χ0n) is 8.83. The van der Waals surface area contributed by atoms with Crippen LogP contribution in [0, 0.1) is 5.92 Å². The summed E-state index contributed by atoms with van der Waals surface area (Å²) < 4.78 is 5.36. The average Bonchev–Trinajstić information content (AvgIpc) is 2.27. The van der Waals surface area contributed by atoms with Crippen LogP contribution in [-0.4, -0.2) is 24.4 Å². The van der Waals surface area contributed by atoms with Crippen LogP contribution in [-0.2, 0) is 11.2 Å². The van der Waals surface area contributed by atoms with Gasteiger partial charge in [0.05, 0.1) is 12.7 Å². The molecule has 2 nitrogen and oxygen atoms in total. The number of hydrogen-bond donors (Lipinski definition) is 1. The Bertz CT molecular complexity index is 368. The molecule has 0 amide bonds. The number of aliphatic hydroxyl groups is 1. The van der Waals surface area contributed by atoms with Gasteiger partial charge < -0.3 is 9.84 Å². The molecule has 16 heavy (non-hydrogen) atoms. The van der Waals surface area contributed by atoms with Gasteiger partial charge in [-0.05, 0) is 36.6 Å². The van der Waals surface area contributed by atoms with E-state index in [-0.39, 0.29) is 12.0 Å². The Kier molecular flexibility index (Phi) is 4.09. The standard InChI is InChI=1S/C12H14Cl2O2/c13-10-1-2-11(14)8(6-10)5-9-7-16-4-3-12(9)15/h1-2,6,9,12,15H,3-5,7H2. The van der Waals surface area contributed by atoms with Gasteiger partial charge in [0, 0.05) is 22.6 Å². The highest BCUT2D eigenvalue weighted by Gasteiger charge is 2.24. The number of aliphatic hydroxyl groups excluding tert-OH is 1. The highest BCUT2D eigenvalue weighted by Crippen LogP contribution is 2.26. The minimum atomic E-state index is -0.302. The van der Waals surface area contributed by atoms with Gasteiger partial charge in [-0.2, -0.15) is 0 Å². The molecule has 1 aromatic rings. The Morgan fingerprint density at radius 1 is 1.38 bits per heavy atom. The molecule has 1 N–H and O–H groups in total. The average molecular weight is 261 g/mol. The van der Waals surface area contributed by atoms with Gasteiger partial charge in [0.1, 0.15) is 0 Å². The maximum Gasteiger partial charge on any atom is 0.0615 e. The van der Waals surface area contributed by atoms with Crippen molar-refractivity contribution < 1.29 is 9.84 Å². The van der Waals surface area contributed by atoms with E-state index in [0.717, 1.165) is 5.56 Å². The minimum Gasteiger partial charge on any atom is -0.393 e. The van der Waals surface area contributed by atoms with E-state index in [2.05, 4.69) is 0 Å². The summed E-state index contributed by atoms with van der Waals surface area (Å²) in [4.78, 5) is 0. The normalized spacial score (nSPS) is 25.7. The van der Waals surface area contributed by atoms with Gasteiger partial charge in [-0.1, -0.05) is 23.2 Å². The summed E-state index contributed by atoms with van der Waals surface area (Å²) in [7, 11) is 0. The topological polar surface area (TPSA) is 29.5 Å². The molecule has 2 atom stereocenters. The molecule has 1 aromatic carbocycles. The predicted molar refractivity (Wildman–Crippen MR) is 65.1 cm³/mol. The van der Waals surface area contributed by atoms with Crippen molar-refractivity contribution in [3.8, 4) is 0 Å². The van der Waals surface area contributed by atoms with Crippen molar-refractivity contribution in [1.82, 2.24) is 0 Å². The van der Waals surface area contributed by atoms with E-state index < -0.39 is 0 Å². The van der Waals surface area contributed by atoms with Crippen molar-refractivity contribution in [2.45, 2.75) is 18.9 Å². The van der Waals surface area contributed by atoms with Crippen LogP contribution >= 0.6 is 23.2 Å². The third-order valence-corrected chi connectivity index (χ3v) is 3.53. The molecule has 0 radical (unpaired) electrons. The lowest BCUT2D eigenvalue weighted by Gasteiger charge is -2.28. The Morgan fingerprint density at radius 2 is 2.19 bits per heavy atom. The zero-order valence-corrected chi connectivity index (χ0v) is 10.3. The first-order chi connectivity index (χ1) is 7.66. The molecule has 2 unspecified atom stereocenters. The first-order valence-corrected chi connectivity index (χ1v) is 6.12. The first kappa shape index (κ1) is 12.2. The largest absolute Gasteiger partial charge is 0.393 e. The van der Waals surface area contributed by atoms with Crippen LogP contribution in [0.4, 0.5) is 0 Å². The van der Waals surface area contributed by atoms with Crippen molar-refractivity contribution in [3.05, 3.63) is 33.8 Å². The summed E-state index contributed by atoms with van der Waals surface area (Å²) in [5, 5.41) is 11.2. The molecule has 88 valence electrons. The van der Waals surface area contributed by atoms with Crippen LogP contribution in [0.5, 0.6) is 0 Å². The number of hydrogen-bond acceptors (Lipinski definition) is 2. The van der Waals surface area contributed by atoms with Gasteiger partial charge in [0.2, 0.25) is 0 Å². The van der Waals surface area contributed by atoms with Crippen LogP contribution < -0.4 is 0 Å². The quantitative estimate of drug-likeness (QED) is 0.886. The summed E-state index contributed by atoms with van der Waals surface area (Å²) in [6.45, 7) is 1.23. The second kappa shape index (κ2) is 5.37. The smallest absolute Gasteiger partial charge is 0.0615 e. The molecule has 0 bridgehead atoms. The highest BCUT2D eigenvalue weighted by atomic mass is 35.5. The van der Waals surface area contributed by atoms with Crippen molar-refractivity contribution in [2.24, 2.45) is 5.92 Å². The molecule has 0 aliphatic carbocycles. The fourth-order valence-corrected chi connectivity index (χ4v) is 2.35. The molecule has 2 rings (SSSR count). The van der Waals surface area contributed by atoms with E-state index in [0.29, 0.717) is 36.1 Å². The highest BCUT2D eigenvalue weighted by molar-refractivity contribution is 6.33. The SMILES string of the molecule is OC1CCOCC1Cc1cc(Cl)ccc1Cl. The molecular weight excluding hydrogens is 247 g/mol. The van der Waals surface area contributed by atoms with E-state index in [1.165, 1.54) is 0 Å². The summed E-state index contributed by atoms with van der Waals surface area (Å²) in [5.41, 5.74) is 0.976. The van der Waals surface area contributed by atoms with Gasteiger partial charge in [-0.25, -0.2) is 0 Å². The van der Waals surface area contributed by atoms with E-state index >= 15 is 0 Å². The van der Waals surface area contributed by atoms with Crippen LogP contribution in [0.2, 0.25) is 10.0 Å². The summed E-state index contributed by atoms with van der Waals surface area (Å²) >= 11 is 12.0. The molecule has 1 saturated heterocycles. The lowest BCUT2D eigenvalue weighted by molar-refractivity contribution is -0.0350. The lowest BCUT2D eigenvalue weighted by Crippen LogP contribution is -2.33. The van der Waals surface area contributed by atoms with Crippen molar-refractivity contribution in [3.63, 3.8) is 0 Å². The fourth-order valence-electron chi connectivity index (χ4n) is 1.96. The lowest BCUT2D eigenvalue weighted by atomic mass is 9.91. The molecule has 1 aliphatic rings. The van der Waals surface area contributed by atoms with Crippen molar-refractivity contribution in [1.29, 1.82) is 0 Å². The maximum absolute atomic E-state index is 9.83. The monoisotopic (exact) mass is 260 g/mol. The van der Waals surface area contributed by atoms with Gasteiger partial charge in [0.25, 0.3) is 0 Å². The third kappa shape index (κ3) is 2.89. The van der Waals surface area contributed by atoms with E-state index in [4.69, 9.17) is 27.9 Å². The number of ether oxygens (including phenoxy) is 1. The van der Waals surface area contributed by atoms with Gasteiger partial charge in [0.15, 0.2) is 0 Å². The molecule has 1 heterocycles. The Morgan fingerprint density at radius 3 is 2.94 bits per heavy atom. The molecule has 0 saturated carbocycles. The van der Waals surface area contributed by atoms with Crippen LogP contribution in [0.15, 0.2) is 18.2 Å². The number of halogens is 2. The van der Waals surface area contributed by atoms with E-state index in [1.54, 1.807) is 12.1 Å². The van der Waals surface area contributed by atoms with Gasteiger partial charge >= 0.3 is 0 Å². The second-order valence-electron chi connectivity index (χ2n) is 4.13. The molecule has 1 aliphatic heterocycles. The van der Waals surface area contributed by atoms with Crippen LogP contribution in [0.25, 0.3) is 0 Å². The summed E-state index contributed by atoms with van der Waals surface area (Å²) in [5.74, 6) is 0.115. The molecule has 4 heteroatoms. The van der Waals surface area contributed by atoms with Crippen LogP contribution in [0.1, 0.15) is 12.0 Å². The maximum atomic E-state index is 9.83. The van der Waals surface area contributed by atoms with Crippen LogP contribution in [0.3, 0.4) is 0 Å². The van der Waals surface area contributed by atoms with Gasteiger partial charge in [-0.15, -0.1) is 0 Å². The minimum absolute atomic E-state index is 0.115. The first-order valence-electron chi connectivity index (χ1n) is 5.36. The van der Waals surface area contributed by atoms with E-state index in [9.17, 15) is 5.11 Å². The van der Waals surface area contributed by atoms with Crippen molar-refractivity contribution >= 4 is 23.2 Å². The Labute approximate surface area is 105 Å².